The number of nitrogens with zero attached hydrogens (tertiary/aromatic N) is 1. The highest BCUT2D eigenvalue weighted by molar-refractivity contribution is 6.21. The molecule has 12 rings (SSSR count). The largest absolute Gasteiger partial charge is 0.455 e. The molecular weight excluding hydrogens is 695 g/mol. The summed E-state index contributed by atoms with van der Waals surface area (Å²) in [7, 11) is 0. The molecule has 0 fully saturated rings. The number of anilines is 3. The molecule has 0 saturated heterocycles. The van der Waals surface area contributed by atoms with Crippen LogP contribution in [-0.2, 0) is 0 Å². The minimum atomic E-state index is 0.856. The molecule has 0 atom stereocenters. The molecule has 0 aliphatic carbocycles. The maximum atomic E-state index is 6.71. The normalized spacial score (nSPS) is 11.9. The van der Waals surface area contributed by atoms with Gasteiger partial charge in [-0.3, -0.25) is 0 Å². The summed E-state index contributed by atoms with van der Waals surface area (Å²) in [6, 6.07) is 71.5. The fourth-order valence-corrected chi connectivity index (χ4v) is 8.93. The monoisotopic (exact) mass is 727 g/mol. The predicted molar refractivity (Wildman–Crippen MR) is 239 cm³/mol. The second-order valence-electron chi connectivity index (χ2n) is 14.9. The minimum Gasteiger partial charge on any atom is -0.455 e. The number of fused-ring (bicyclic) bond motifs is 11. The van der Waals surface area contributed by atoms with E-state index in [0.29, 0.717) is 0 Å². The lowest BCUT2D eigenvalue weighted by Gasteiger charge is -2.27. The van der Waals surface area contributed by atoms with Gasteiger partial charge in [-0.2, -0.15) is 0 Å². The molecule has 266 valence electrons. The Hall–Kier alpha value is -7.62. The van der Waals surface area contributed by atoms with E-state index >= 15 is 0 Å². The first-order valence-corrected chi connectivity index (χ1v) is 19.4. The van der Waals surface area contributed by atoms with Gasteiger partial charge in [0.05, 0.1) is 11.1 Å². The standard InChI is InChI=1S/C54H33NO2/c1-2-13-38-32-39(23-22-34(38)10-1)35-24-28-41(29-25-35)55(48-19-9-21-50-52(48)47-31-27-37-12-4-6-17-45(37)54(47)57-50)42-15-7-14-40(33-42)43-18-8-20-49-51(43)46-30-26-36-11-3-5-16-44(36)53(46)56-49/h1-33H. The molecule has 2 heterocycles. The third-order valence-corrected chi connectivity index (χ3v) is 11.6. The van der Waals surface area contributed by atoms with Crippen LogP contribution in [0, 0.1) is 0 Å². The molecule has 12 aromatic rings. The molecule has 0 saturated carbocycles. The van der Waals surface area contributed by atoms with Crippen LogP contribution >= 0.6 is 0 Å². The first-order valence-electron chi connectivity index (χ1n) is 19.4. The summed E-state index contributed by atoms with van der Waals surface area (Å²) < 4.78 is 13.3. The topological polar surface area (TPSA) is 29.5 Å². The lowest BCUT2D eigenvalue weighted by molar-refractivity contribution is 0.672. The second kappa shape index (κ2) is 12.5. The van der Waals surface area contributed by atoms with Crippen LogP contribution in [0.3, 0.4) is 0 Å². The number of furan rings is 2. The predicted octanol–water partition coefficient (Wildman–Crippen LogP) is 15.7. The molecule has 57 heavy (non-hydrogen) atoms. The molecule has 0 spiro atoms. The Balaban J connectivity index is 1.07. The van der Waals surface area contributed by atoms with E-state index in [1.54, 1.807) is 0 Å². The van der Waals surface area contributed by atoms with Gasteiger partial charge in [-0.15, -0.1) is 0 Å². The first-order chi connectivity index (χ1) is 28.2. The van der Waals surface area contributed by atoms with Crippen LogP contribution in [0.25, 0.3) is 98.4 Å². The molecule has 0 aliphatic heterocycles. The Morgan fingerprint density at radius 1 is 0.316 bits per heavy atom. The van der Waals surface area contributed by atoms with E-state index in [9.17, 15) is 0 Å². The van der Waals surface area contributed by atoms with E-state index in [1.807, 2.05) is 0 Å². The molecule has 0 N–H and O–H groups in total. The molecule has 0 unspecified atom stereocenters. The summed E-state index contributed by atoms with van der Waals surface area (Å²) in [5.74, 6) is 0. The minimum absolute atomic E-state index is 0.856. The van der Waals surface area contributed by atoms with Crippen molar-refractivity contribution in [1.82, 2.24) is 0 Å². The van der Waals surface area contributed by atoms with E-state index < -0.39 is 0 Å². The van der Waals surface area contributed by atoms with Crippen molar-refractivity contribution >= 4 is 93.3 Å². The Morgan fingerprint density at radius 2 is 0.895 bits per heavy atom. The zero-order valence-electron chi connectivity index (χ0n) is 30.8. The smallest absolute Gasteiger partial charge is 0.143 e. The molecule has 3 heteroatoms. The molecule has 0 radical (unpaired) electrons. The van der Waals surface area contributed by atoms with Crippen LogP contribution in [0.4, 0.5) is 17.1 Å². The fourth-order valence-electron chi connectivity index (χ4n) is 8.93. The van der Waals surface area contributed by atoms with E-state index in [4.69, 9.17) is 8.83 Å². The van der Waals surface area contributed by atoms with Gasteiger partial charge >= 0.3 is 0 Å². The lowest BCUT2D eigenvalue weighted by atomic mass is 9.97. The summed E-state index contributed by atoms with van der Waals surface area (Å²) in [5, 5.41) is 11.5. The average Bonchev–Trinajstić information content (AvgIpc) is 3.87. The van der Waals surface area contributed by atoms with Crippen molar-refractivity contribution in [3.8, 4) is 22.3 Å². The van der Waals surface area contributed by atoms with Crippen molar-refractivity contribution in [2.24, 2.45) is 0 Å². The molecular formula is C54H33NO2. The van der Waals surface area contributed by atoms with E-state index in [2.05, 4.69) is 205 Å². The van der Waals surface area contributed by atoms with Crippen LogP contribution in [0.1, 0.15) is 0 Å². The van der Waals surface area contributed by atoms with Gasteiger partial charge in [0.2, 0.25) is 0 Å². The third kappa shape index (κ3) is 4.99. The molecule has 0 bridgehead atoms. The van der Waals surface area contributed by atoms with E-state index in [0.717, 1.165) is 88.2 Å². The SMILES string of the molecule is c1cc(-c2cccc3oc4c5ccccc5ccc4c23)cc(N(c2ccc(-c3ccc4ccccc4c3)cc2)c2cccc3oc4c5ccccc5ccc4c23)c1. The highest BCUT2D eigenvalue weighted by atomic mass is 16.3. The zero-order valence-corrected chi connectivity index (χ0v) is 30.8. The highest BCUT2D eigenvalue weighted by Crippen LogP contribution is 2.46. The Morgan fingerprint density at radius 3 is 1.63 bits per heavy atom. The maximum Gasteiger partial charge on any atom is 0.143 e. The van der Waals surface area contributed by atoms with Crippen molar-refractivity contribution in [2.75, 3.05) is 4.90 Å². The van der Waals surface area contributed by atoms with E-state index in [-0.39, 0.29) is 0 Å². The molecule has 0 amide bonds. The number of benzene rings is 10. The maximum absolute atomic E-state index is 6.71. The van der Waals surface area contributed by atoms with Gasteiger partial charge in [0, 0.05) is 38.3 Å². The van der Waals surface area contributed by atoms with Gasteiger partial charge in [0.1, 0.15) is 22.3 Å². The van der Waals surface area contributed by atoms with Crippen molar-refractivity contribution in [2.45, 2.75) is 0 Å². The van der Waals surface area contributed by atoms with Gasteiger partial charge < -0.3 is 13.7 Å². The summed E-state index contributed by atoms with van der Waals surface area (Å²) in [4.78, 5) is 2.38. The first kappa shape index (κ1) is 31.7. The van der Waals surface area contributed by atoms with E-state index in [1.165, 1.54) is 27.3 Å². The molecule has 0 aliphatic rings. The van der Waals surface area contributed by atoms with Gasteiger partial charge in [0.25, 0.3) is 0 Å². The Kier molecular flexibility index (Phi) is 6.93. The van der Waals surface area contributed by atoms with Crippen LogP contribution in [-0.4, -0.2) is 0 Å². The Labute approximate surface area is 328 Å². The van der Waals surface area contributed by atoms with Crippen molar-refractivity contribution in [3.63, 3.8) is 0 Å². The number of hydrogen-bond donors (Lipinski definition) is 0. The quantitative estimate of drug-likeness (QED) is 0.177. The second-order valence-corrected chi connectivity index (χ2v) is 14.9. The third-order valence-electron chi connectivity index (χ3n) is 11.6. The van der Waals surface area contributed by atoms with Crippen molar-refractivity contribution < 1.29 is 8.83 Å². The highest BCUT2D eigenvalue weighted by Gasteiger charge is 2.22. The van der Waals surface area contributed by atoms with Crippen molar-refractivity contribution in [1.29, 1.82) is 0 Å². The summed E-state index contributed by atoms with van der Waals surface area (Å²) >= 11 is 0. The van der Waals surface area contributed by atoms with Gasteiger partial charge in [-0.25, -0.2) is 0 Å². The van der Waals surface area contributed by atoms with Crippen LogP contribution < -0.4 is 4.90 Å². The summed E-state index contributed by atoms with van der Waals surface area (Å²) in [6.45, 7) is 0. The molecule has 3 nitrogen and oxygen atoms in total. The number of rotatable bonds is 5. The Bertz CT molecular complexity index is 3530. The summed E-state index contributed by atoms with van der Waals surface area (Å²) in [6.07, 6.45) is 0. The molecule has 10 aromatic carbocycles. The lowest BCUT2D eigenvalue weighted by Crippen LogP contribution is -2.10. The van der Waals surface area contributed by atoms with Gasteiger partial charge in [0.15, 0.2) is 0 Å². The van der Waals surface area contributed by atoms with Gasteiger partial charge in [-0.1, -0.05) is 140 Å². The van der Waals surface area contributed by atoms with Crippen LogP contribution in [0.5, 0.6) is 0 Å². The number of hydrogen-bond acceptors (Lipinski definition) is 3. The average molecular weight is 728 g/mol. The molecule has 2 aromatic heterocycles. The summed E-state index contributed by atoms with van der Waals surface area (Å²) in [5.41, 5.74) is 11.3. The zero-order chi connectivity index (χ0) is 37.5. The fraction of sp³-hybridized carbons (Fsp3) is 0. The van der Waals surface area contributed by atoms with Crippen LogP contribution in [0.2, 0.25) is 0 Å². The van der Waals surface area contributed by atoms with Crippen LogP contribution in [0.15, 0.2) is 209 Å². The van der Waals surface area contributed by atoms with Gasteiger partial charge in [-0.05, 0) is 104 Å². The van der Waals surface area contributed by atoms with Crippen molar-refractivity contribution in [3.05, 3.63) is 200 Å².